The van der Waals surface area contributed by atoms with Crippen molar-refractivity contribution in [2.24, 2.45) is 0 Å². The highest BCUT2D eigenvalue weighted by Gasteiger charge is 2.44. The van der Waals surface area contributed by atoms with Crippen molar-refractivity contribution >= 4 is 11.7 Å². The molecule has 1 aliphatic rings. The minimum absolute atomic E-state index is 0.0153. The lowest BCUT2D eigenvalue weighted by molar-refractivity contribution is -0.129. The molecule has 0 radical (unpaired) electrons. The molecule has 2 aromatic heterocycles. The van der Waals surface area contributed by atoms with Gasteiger partial charge in [0.05, 0.1) is 23.6 Å². The third kappa shape index (κ3) is 3.93. The number of hydrogen-bond acceptors (Lipinski definition) is 6. The molecule has 7 nitrogen and oxygen atoms in total. The number of aromatic nitrogens is 1. The van der Waals surface area contributed by atoms with Crippen molar-refractivity contribution in [3.63, 3.8) is 0 Å². The second-order valence-electron chi connectivity index (χ2n) is 6.50. The van der Waals surface area contributed by atoms with Crippen LogP contribution in [0, 0.1) is 0 Å². The molecule has 7 heteroatoms. The minimum Gasteiger partial charge on any atom is -0.503 e. The Morgan fingerprint density at radius 3 is 2.78 bits per heavy atom. The molecule has 1 atom stereocenters. The molecule has 1 unspecified atom stereocenters. The van der Waals surface area contributed by atoms with Gasteiger partial charge < -0.3 is 19.2 Å². The van der Waals surface area contributed by atoms with Crippen LogP contribution in [0.5, 0.6) is 0 Å². The van der Waals surface area contributed by atoms with Crippen LogP contribution in [0.4, 0.5) is 0 Å². The summed E-state index contributed by atoms with van der Waals surface area (Å²) in [6.07, 6.45) is 3.62. The average molecular weight is 370 g/mol. The molecule has 142 valence electrons. The van der Waals surface area contributed by atoms with Crippen molar-refractivity contribution in [1.82, 2.24) is 9.88 Å². The fraction of sp³-hybridized carbons (Fsp3) is 0.350. The van der Waals surface area contributed by atoms with Gasteiger partial charge in [-0.05, 0) is 44.5 Å². The molecule has 3 rings (SSSR count). The van der Waals surface area contributed by atoms with Gasteiger partial charge >= 0.3 is 0 Å². The van der Waals surface area contributed by atoms with Gasteiger partial charge in [0.2, 0.25) is 5.78 Å². The zero-order valence-electron chi connectivity index (χ0n) is 15.3. The summed E-state index contributed by atoms with van der Waals surface area (Å²) in [6, 6.07) is 7.56. The number of carbonyl (C=O) groups is 2. The Balaban J connectivity index is 1.91. The predicted molar refractivity (Wildman–Crippen MR) is 97.1 cm³/mol. The van der Waals surface area contributed by atoms with Gasteiger partial charge in [-0.25, -0.2) is 0 Å². The van der Waals surface area contributed by atoms with Crippen molar-refractivity contribution in [2.75, 3.05) is 13.2 Å². The van der Waals surface area contributed by atoms with Crippen LogP contribution in [0.1, 0.15) is 42.6 Å². The van der Waals surface area contributed by atoms with E-state index in [0.717, 1.165) is 0 Å². The molecule has 1 N–H and O–H groups in total. The Morgan fingerprint density at radius 1 is 1.33 bits per heavy atom. The summed E-state index contributed by atoms with van der Waals surface area (Å²) in [7, 11) is 0. The summed E-state index contributed by atoms with van der Waals surface area (Å²) in [5.41, 5.74) is 0.494. The molecule has 0 saturated heterocycles. The molecule has 1 aliphatic heterocycles. The third-order valence-corrected chi connectivity index (χ3v) is 4.26. The van der Waals surface area contributed by atoms with Gasteiger partial charge in [0.25, 0.3) is 5.91 Å². The first-order chi connectivity index (χ1) is 13.0. The smallest absolute Gasteiger partial charge is 0.290 e. The number of hydrogen-bond donors (Lipinski definition) is 1. The first kappa shape index (κ1) is 18.8. The fourth-order valence-corrected chi connectivity index (χ4v) is 3.06. The maximum atomic E-state index is 12.9. The Bertz CT molecular complexity index is 827. The number of aliphatic hydroxyl groups excluding tert-OH is 1. The lowest BCUT2D eigenvalue weighted by Crippen LogP contribution is -2.33. The first-order valence-corrected chi connectivity index (χ1v) is 8.85. The molecule has 0 bridgehead atoms. The second kappa shape index (κ2) is 8.18. The second-order valence-corrected chi connectivity index (χ2v) is 6.50. The van der Waals surface area contributed by atoms with Gasteiger partial charge in [0.1, 0.15) is 6.04 Å². The van der Waals surface area contributed by atoms with E-state index in [1.54, 1.807) is 30.5 Å². The van der Waals surface area contributed by atoms with Gasteiger partial charge in [-0.1, -0.05) is 6.07 Å². The fourth-order valence-electron chi connectivity index (χ4n) is 3.06. The highest BCUT2D eigenvalue weighted by molar-refractivity contribution is 6.14. The lowest BCUT2D eigenvalue weighted by atomic mass is 9.98. The molecule has 0 spiro atoms. The summed E-state index contributed by atoms with van der Waals surface area (Å²) >= 11 is 0. The van der Waals surface area contributed by atoms with E-state index in [1.807, 2.05) is 13.8 Å². The zero-order valence-corrected chi connectivity index (χ0v) is 15.3. The number of pyridine rings is 1. The monoisotopic (exact) mass is 370 g/mol. The number of amides is 1. The summed E-state index contributed by atoms with van der Waals surface area (Å²) in [6.45, 7) is 4.67. The Labute approximate surface area is 157 Å². The molecule has 0 fully saturated rings. The number of ether oxygens (including phenoxy) is 1. The van der Waals surface area contributed by atoms with Crippen LogP contribution < -0.4 is 0 Å². The van der Waals surface area contributed by atoms with Gasteiger partial charge in [-0.3, -0.25) is 14.6 Å². The van der Waals surface area contributed by atoms with Crippen molar-refractivity contribution < 1.29 is 23.8 Å². The van der Waals surface area contributed by atoms with E-state index in [1.165, 1.54) is 17.2 Å². The normalized spacial score (nSPS) is 17.2. The van der Waals surface area contributed by atoms with E-state index in [4.69, 9.17) is 9.15 Å². The van der Waals surface area contributed by atoms with Crippen LogP contribution in [0.25, 0.3) is 0 Å². The number of aliphatic hydroxyl groups is 1. The maximum Gasteiger partial charge on any atom is 0.290 e. The van der Waals surface area contributed by atoms with Crippen LogP contribution in [0.3, 0.4) is 0 Å². The number of carbonyl (C=O) groups excluding carboxylic acids is 2. The van der Waals surface area contributed by atoms with E-state index in [9.17, 15) is 14.7 Å². The van der Waals surface area contributed by atoms with E-state index in [-0.39, 0.29) is 17.4 Å². The van der Waals surface area contributed by atoms with Crippen molar-refractivity contribution in [3.8, 4) is 0 Å². The van der Waals surface area contributed by atoms with E-state index in [0.29, 0.717) is 25.3 Å². The standard InChI is InChI=1S/C20H22N2O5/c1-13(2)26-12-6-10-22-17(14-7-3-4-9-21-14)16(19(24)20(22)25)18(23)15-8-5-11-27-15/h3-5,7-9,11,13,17,24H,6,10,12H2,1-2H3. The van der Waals surface area contributed by atoms with Crippen LogP contribution in [0.15, 0.2) is 58.5 Å². The molecule has 1 amide bonds. The summed E-state index contributed by atoms with van der Waals surface area (Å²) < 4.78 is 10.7. The van der Waals surface area contributed by atoms with Gasteiger partial charge in [0, 0.05) is 19.3 Å². The number of rotatable bonds is 8. The Hall–Kier alpha value is -2.93. The third-order valence-electron chi connectivity index (χ3n) is 4.26. The van der Waals surface area contributed by atoms with Crippen molar-refractivity contribution in [1.29, 1.82) is 0 Å². The topological polar surface area (TPSA) is 92.9 Å². The van der Waals surface area contributed by atoms with Gasteiger partial charge in [0.15, 0.2) is 11.5 Å². The van der Waals surface area contributed by atoms with E-state index < -0.39 is 23.5 Å². The first-order valence-electron chi connectivity index (χ1n) is 8.85. The van der Waals surface area contributed by atoms with Gasteiger partial charge in [-0.15, -0.1) is 0 Å². The Morgan fingerprint density at radius 2 is 2.15 bits per heavy atom. The minimum atomic E-state index is -0.768. The molecule has 3 heterocycles. The largest absolute Gasteiger partial charge is 0.503 e. The summed E-state index contributed by atoms with van der Waals surface area (Å²) in [5, 5.41) is 10.4. The van der Waals surface area contributed by atoms with E-state index >= 15 is 0 Å². The van der Waals surface area contributed by atoms with E-state index in [2.05, 4.69) is 4.98 Å². The van der Waals surface area contributed by atoms with Crippen LogP contribution in [0.2, 0.25) is 0 Å². The number of Topliss-reactive ketones (excluding diaryl/α,β-unsaturated/α-hetero) is 1. The van der Waals surface area contributed by atoms with Gasteiger partial charge in [-0.2, -0.15) is 0 Å². The molecule has 2 aromatic rings. The van der Waals surface area contributed by atoms with Crippen LogP contribution >= 0.6 is 0 Å². The van der Waals surface area contributed by atoms with Crippen molar-refractivity contribution in [3.05, 3.63) is 65.6 Å². The quantitative estimate of drug-likeness (QED) is 0.567. The highest BCUT2D eigenvalue weighted by Crippen LogP contribution is 2.38. The SMILES string of the molecule is CC(C)OCCCN1C(=O)C(O)=C(C(=O)c2ccco2)C1c1ccccn1. The number of nitrogens with zero attached hydrogens (tertiary/aromatic N) is 2. The Kier molecular flexibility index (Phi) is 5.71. The summed E-state index contributed by atoms with van der Waals surface area (Å²) in [5.74, 6) is -1.61. The average Bonchev–Trinajstić information content (AvgIpc) is 3.28. The predicted octanol–water partition coefficient (Wildman–Crippen LogP) is 3.07. The lowest BCUT2D eigenvalue weighted by Gasteiger charge is -2.26. The number of ketones is 1. The molecule has 27 heavy (non-hydrogen) atoms. The molecular weight excluding hydrogens is 348 g/mol. The zero-order chi connectivity index (χ0) is 19.4. The maximum absolute atomic E-state index is 12.9. The molecule has 0 saturated carbocycles. The van der Waals surface area contributed by atoms with Crippen LogP contribution in [-0.2, 0) is 9.53 Å². The number of furan rings is 1. The summed E-state index contributed by atoms with van der Waals surface area (Å²) in [4.78, 5) is 31.3. The molecule has 0 aromatic carbocycles. The van der Waals surface area contributed by atoms with Crippen LogP contribution in [-0.4, -0.2) is 45.9 Å². The highest BCUT2D eigenvalue weighted by atomic mass is 16.5. The molecular formula is C20H22N2O5. The van der Waals surface area contributed by atoms with Crippen molar-refractivity contribution in [2.45, 2.75) is 32.4 Å². The molecule has 0 aliphatic carbocycles.